The topological polar surface area (TPSA) is 54.9 Å². The third-order valence-corrected chi connectivity index (χ3v) is 4.59. The fourth-order valence-electron chi connectivity index (χ4n) is 1.83. The normalized spacial score (nSPS) is 13.8. The molecule has 0 aliphatic rings. The van der Waals surface area contributed by atoms with Crippen molar-refractivity contribution in [3.63, 3.8) is 0 Å². The fourth-order valence-corrected chi connectivity index (χ4v) is 2.81. The lowest BCUT2D eigenvalue weighted by atomic mass is 9.99. The molecule has 1 atom stereocenters. The van der Waals surface area contributed by atoms with Crippen molar-refractivity contribution in [3.05, 3.63) is 45.7 Å². The number of pyridine rings is 1. The molecule has 0 saturated heterocycles. The maximum atomic E-state index is 12.3. The molecule has 0 bridgehead atoms. The number of hydrogen-bond acceptors (Lipinski definition) is 4. The molecule has 5 heteroatoms. The number of carbonyl (C=O) groups is 1. The highest BCUT2D eigenvalue weighted by Gasteiger charge is 2.30. The van der Waals surface area contributed by atoms with E-state index in [0.717, 1.165) is 22.8 Å². The Kier molecular flexibility index (Phi) is 4.18. The first-order valence-corrected chi connectivity index (χ1v) is 7.50. The van der Waals surface area contributed by atoms with Crippen LogP contribution in [0.5, 0.6) is 0 Å². The lowest BCUT2D eigenvalue weighted by Gasteiger charge is -2.27. The fraction of sp³-hybridized carbons (Fsp3) is 0.400. The molecule has 0 unspecified atom stereocenters. The summed E-state index contributed by atoms with van der Waals surface area (Å²) < 4.78 is 0. The molecule has 0 aromatic carbocycles. The minimum Gasteiger partial charge on any atom is -0.340 e. The Balaban J connectivity index is 2.21. The summed E-state index contributed by atoms with van der Waals surface area (Å²) in [6.07, 6.45) is 2.39. The van der Waals surface area contributed by atoms with Crippen LogP contribution in [-0.2, 0) is 5.54 Å². The number of carbonyl (C=O) groups excluding carboxylic acids is 1. The van der Waals surface area contributed by atoms with Crippen LogP contribution in [0.15, 0.2) is 23.7 Å². The van der Waals surface area contributed by atoms with Crippen molar-refractivity contribution in [2.75, 3.05) is 0 Å². The summed E-state index contributed by atoms with van der Waals surface area (Å²) >= 11 is 1.58. The molecule has 2 heterocycles. The molecule has 1 amide bonds. The first-order chi connectivity index (χ1) is 9.44. The van der Waals surface area contributed by atoms with Crippen molar-refractivity contribution in [2.24, 2.45) is 0 Å². The molecule has 0 saturated carbocycles. The lowest BCUT2D eigenvalue weighted by Crippen LogP contribution is -2.43. The second kappa shape index (κ2) is 5.71. The Hall–Kier alpha value is -1.75. The van der Waals surface area contributed by atoms with E-state index < -0.39 is 5.54 Å². The molecule has 106 valence electrons. The van der Waals surface area contributed by atoms with E-state index in [1.165, 1.54) is 0 Å². The van der Waals surface area contributed by atoms with Gasteiger partial charge in [-0.3, -0.25) is 9.78 Å². The van der Waals surface area contributed by atoms with Crippen LogP contribution in [0.1, 0.15) is 47.0 Å². The van der Waals surface area contributed by atoms with Crippen molar-refractivity contribution in [2.45, 2.75) is 39.7 Å². The van der Waals surface area contributed by atoms with Gasteiger partial charge >= 0.3 is 0 Å². The monoisotopic (exact) mass is 289 g/mol. The zero-order valence-corrected chi connectivity index (χ0v) is 13.0. The third kappa shape index (κ3) is 3.04. The zero-order valence-electron chi connectivity index (χ0n) is 12.2. The largest absolute Gasteiger partial charge is 0.340 e. The molecule has 0 aliphatic heterocycles. The average Bonchev–Trinajstić information content (AvgIpc) is 2.86. The van der Waals surface area contributed by atoms with E-state index >= 15 is 0 Å². The van der Waals surface area contributed by atoms with Crippen molar-refractivity contribution in [1.29, 1.82) is 0 Å². The lowest BCUT2D eigenvalue weighted by molar-refractivity contribution is 0.0901. The number of nitrogens with one attached hydrogen (secondary N) is 1. The summed E-state index contributed by atoms with van der Waals surface area (Å²) in [5, 5.41) is 6.02. The number of amides is 1. The summed E-state index contributed by atoms with van der Waals surface area (Å²) in [4.78, 5) is 21.0. The van der Waals surface area contributed by atoms with Gasteiger partial charge in [-0.2, -0.15) is 0 Å². The molecule has 4 nitrogen and oxygen atoms in total. The Morgan fingerprint density at radius 2 is 2.10 bits per heavy atom. The average molecular weight is 289 g/mol. The highest BCUT2D eigenvalue weighted by Crippen LogP contribution is 2.27. The number of nitrogens with zero attached hydrogens (tertiary/aromatic N) is 2. The molecule has 2 aromatic heterocycles. The molecule has 0 aliphatic carbocycles. The quantitative estimate of drug-likeness (QED) is 0.940. The molecule has 1 N–H and O–H groups in total. The van der Waals surface area contributed by atoms with Gasteiger partial charge in [-0.05, 0) is 39.3 Å². The minimum atomic E-state index is -0.444. The highest BCUT2D eigenvalue weighted by molar-refractivity contribution is 7.09. The Bertz CT molecular complexity index is 606. The van der Waals surface area contributed by atoms with E-state index in [9.17, 15) is 4.79 Å². The number of rotatable bonds is 4. The molecule has 20 heavy (non-hydrogen) atoms. The first kappa shape index (κ1) is 14.7. The van der Waals surface area contributed by atoms with Crippen LogP contribution in [0.4, 0.5) is 0 Å². The van der Waals surface area contributed by atoms with E-state index in [1.54, 1.807) is 23.6 Å². The third-order valence-electron chi connectivity index (χ3n) is 3.36. The van der Waals surface area contributed by atoms with Crippen molar-refractivity contribution < 1.29 is 4.79 Å². The first-order valence-electron chi connectivity index (χ1n) is 6.62. The van der Waals surface area contributed by atoms with Gasteiger partial charge in [0.25, 0.3) is 5.91 Å². The Morgan fingerprint density at radius 1 is 1.35 bits per heavy atom. The van der Waals surface area contributed by atoms with Gasteiger partial charge in [-0.15, -0.1) is 11.3 Å². The van der Waals surface area contributed by atoms with Crippen LogP contribution in [0.3, 0.4) is 0 Å². The molecule has 2 aromatic rings. The summed E-state index contributed by atoms with van der Waals surface area (Å²) in [5.41, 5.74) is 2.01. The summed E-state index contributed by atoms with van der Waals surface area (Å²) in [7, 11) is 0. The Morgan fingerprint density at radius 3 is 2.60 bits per heavy atom. The van der Waals surface area contributed by atoms with Crippen LogP contribution < -0.4 is 5.32 Å². The highest BCUT2D eigenvalue weighted by atomic mass is 32.1. The van der Waals surface area contributed by atoms with E-state index in [1.807, 2.05) is 39.1 Å². The van der Waals surface area contributed by atoms with Crippen LogP contribution in [0.2, 0.25) is 0 Å². The summed E-state index contributed by atoms with van der Waals surface area (Å²) in [5.74, 6) is -0.116. The van der Waals surface area contributed by atoms with Crippen LogP contribution in [0, 0.1) is 13.8 Å². The zero-order chi connectivity index (χ0) is 14.8. The van der Waals surface area contributed by atoms with Gasteiger partial charge in [0.15, 0.2) is 0 Å². The van der Waals surface area contributed by atoms with Crippen LogP contribution in [-0.4, -0.2) is 15.9 Å². The van der Waals surface area contributed by atoms with Gasteiger partial charge in [0.05, 0.1) is 11.1 Å². The van der Waals surface area contributed by atoms with Crippen molar-refractivity contribution in [3.8, 4) is 0 Å². The number of hydrogen-bond donors (Lipinski definition) is 1. The molecule has 0 radical (unpaired) electrons. The second-order valence-electron chi connectivity index (χ2n) is 5.12. The van der Waals surface area contributed by atoms with Gasteiger partial charge in [0.1, 0.15) is 5.01 Å². The molecular weight excluding hydrogens is 270 g/mol. The van der Waals surface area contributed by atoms with E-state index in [0.29, 0.717) is 5.56 Å². The Labute approximate surface area is 123 Å². The van der Waals surface area contributed by atoms with E-state index in [2.05, 4.69) is 15.3 Å². The standard InChI is InChI=1S/C15H19N3OS/c1-5-15(4,14-17-11(3)9-20-14)18-13(19)12-7-6-10(2)16-8-12/h6-9H,5H2,1-4H3,(H,18,19)/t15-/m0/s1. The van der Waals surface area contributed by atoms with Crippen molar-refractivity contribution >= 4 is 17.2 Å². The summed E-state index contributed by atoms with van der Waals surface area (Å²) in [6.45, 7) is 7.91. The van der Waals surface area contributed by atoms with Crippen LogP contribution in [0.25, 0.3) is 0 Å². The maximum Gasteiger partial charge on any atom is 0.253 e. The molecule has 0 fully saturated rings. The molecular formula is C15H19N3OS. The molecule has 0 spiro atoms. The maximum absolute atomic E-state index is 12.3. The van der Waals surface area contributed by atoms with Gasteiger partial charge in [0, 0.05) is 23.0 Å². The number of aromatic nitrogens is 2. The van der Waals surface area contributed by atoms with Crippen LogP contribution >= 0.6 is 11.3 Å². The van der Waals surface area contributed by atoms with E-state index in [4.69, 9.17) is 0 Å². The van der Waals surface area contributed by atoms with Gasteiger partial charge in [-0.1, -0.05) is 6.92 Å². The smallest absolute Gasteiger partial charge is 0.253 e. The van der Waals surface area contributed by atoms with Crippen molar-refractivity contribution in [1.82, 2.24) is 15.3 Å². The van der Waals surface area contributed by atoms with Gasteiger partial charge in [-0.25, -0.2) is 4.98 Å². The number of aryl methyl sites for hydroxylation is 2. The summed E-state index contributed by atoms with van der Waals surface area (Å²) in [6, 6.07) is 3.63. The predicted octanol–water partition coefficient (Wildman–Crippen LogP) is 3.21. The van der Waals surface area contributed by atoms with E-state index in [-0.39, 0.29) is 5.91 Å². The molecule has 2 rings (SSSR count). The second-order valence-corrected chi connectivity index (χ2v) is 5.98. The minimum absolute atomic E-state index is 0.116. The van der Waals surface area contributed by atoms with Gasteiger partial charge < -0.3 is 5.32 Å². The SMILES string of the molecule is CC[C@](C)(NC(=O)c1ccc(C)nc1)c1nc(C)cs1. The number of thiazole rings is 1. The van der Waals surface area contributed by atoms with Gasteiger partial charge in [0.2, 0.25) is 0 Å². The predicted molar refractivity (Wildman–Crippen MR) is 80.9 cm³/mol.